The molecule has 0 bridgehead atoms. The highest BCUT2D eigenvalue weighted by atomic mass is 35.5. The first-order chi connectivity index (χ1) is 9.15. The fourth-order valence-corrected chi connectivity index (χ4v) is 2.71. The number of hydrogen-bond donors (Lipinski definition) is 0. The highest BCUT2D eigenvalue weighted by Gasteiger charge is 2.12. The molecule has 2 aromatic carbocycles. The molecule has 0 radical (unpaired) electrons. The van der Waals surface area contributed by atoms with Crippen LogP contribution in [0.3, 0.4) is 0 Å². The molecule has 2 heteroatoms. The van der Waals surface area contributed by atoms with Gasteiger partial charge in [-0.1, -0.05) is 55.8 Å². The molecule has 0 amide bonds. The molecule has 100 valence electrons. The summed E-state index contributed by atoms with van der Waals surface area (Å²) in [5.41, 5.74) is 5.03. The van der Waals surface area contributed by atoms with Crippen LogP contribution in [0.2, 0.25) is 5.02 Å². The van der Waals surface area contributed by atoms with Gasteiger partial charge in [-0.25, -0.2) is 0 Å². The van der Waals surface area contributed by atoms with E-state index in [1.165, 1.54) is 11.1 Å². The van der Waals surface area contributed by atoms with Crippen LogP contribution in [0.4, 0.5) is 0 Å². The van der Waals surface area contributed by atoms with Gasteiger partial charge in [0, 0.05) is 5.02 Å². The topological polar surface area (TPSA) is 0 Å². The van der Waals surface area contributed by atoms with E-state index < -0.39 is 0 Å². The fourth-order valence-electron chi connectivity index (χ4n) is 2.30. The van der Waals surface area contributed by atoms with Crippen LogP contribution in [-0.2, 0) is 12.8 Å². The molecule has 0 aliphatic rings. The smallest absolute Gasteiger partial charge is 0.0835 e. The first-order valence-corrected chi connectivity index (χ1v) is 7.48. The van der Waals surface area contributed by atoms with Gasteiger partial charge in [0.1, 0.15) is 0 Å². The summed E-state index contributed by atoms with van der Waals surface area (Å²) in [5.74, 6) is 0. The maximum atomic E-state index is 6.57. The second kappa shape index (κ2) is 6.45. The monoisotopic (exact) mass is 292 g/mol. The normalized spacial score (nSPS) is 12.4. The van der Waals surface area contributed by atoms with E-state index in [-0.39, 0.29) is 5.38 Å². The molecule has 0 heterocycles. The van der Waals surface area contributed by atoms with Crippen LogP contribution < -0.4 is 0 Å². The SMILES string of the molecule is CCc1ccc(C(Cl)c2ccc(Cl)cc2)cc1CC. The van der Waals surface area contributed by atoms with Crippen molar-refractivity contribution in [2.75, 3.05) is 0 Å². The molecule has 0 saturated heterocycles. The predicted molar refractivity (Wildman–Crippen MR) is 84.3 cm³/mol. The highest BCUT2D eigenvalue weighted by Crippen LogP contribution is 2.31. The summed E-state index contributed by atoms with van der Waals surface area (Å²) in [6.07, 6.45) is 2.11. The van der Waals surface area contributed by atoms with E-state index in [1.54, 1.807) is 0 Å². The Labute approximate surface area is 125 Å². The van der Waals surface area contributed by atoms with Crippen molar-refractivity contribution < 1.29 is 0 Å². The molecule has 0 aliphatic heterocycles. The van der Waals surface area contributed by atoms with Gasteiger partial charge in [0.15, 0.2) is 0 Å². The quantitative estimate of drug-likeness (QED) is 0.625. The second-order valence-electron chi connectivity index (χ2n) is 4.65. The number of rotatable bonds is 4. The fraction of sp³-hybridized carbons (Fsp3) is 0.294. The summed E-state index contributed by atoms with van der Waals surface area (Å²) in [4.78, 5) is 0. The van der Waals surface area contributed by atoms with Crippen molar-refractivity contribution in [3.05, 3.63) is 69.7 Å². The number of benzene rings is 2. The van der Waals surface area contributed by atoms with Crippen molar-refractivity contribution in [3.8, 4) is 0 Å². The van der Waals surface area contributed by atoms with Gasteiger partial charge in [0.25, 0.3) is 0 Å². The van der Waals surface area contributed by atoms with Gasteiger partial charge in [-0.05, 0) is 47.2 Å². The molecule has 0 saturated carbocycles. The average Bonchev–Trinajstić information content (AvgIpc) is 2.46. The van der Waals surface area contributed by atoms with Crippen LogP contribution in [0.5, 0.6) is 0 Å². The van der Waals surface area contributed by atoms with E-state index in [0.717, 1.165) is 29.0 Å². The molecule has 2 aromatic rings. The van der Waals surface area contributed by atoms with Crippen molar-refractivity contribution in [1.29, 1.82) is 0 Å². The van der Waals surface area contributed by atoms with Gasteiger partial charge < -0.3 is 0 Å². The van der Waals surface area contributed by atoms with Crippen LogP contribution in [-0.4, -0.2) is 0 Å². The molecule has 0 aliphatic carbocycles. The molecule has 1 unspecified atom stereocenters. The van der Waals surface area contributed by atoms with Crippen LogP contribution >= 0.6 is 23.2 Å². The Hall–Kier alpha value is -0.980. The molecular formula is C17H18Cl2. The molecule has 0 aromatic heterocycles. The lowest BCUT2D eigenvalue weighted by atomic mass is 9.96. The maximum absolute atomic E-state index is 6.57. The minimum atomic E-state index is -0.117. The molecule has 0 fully saturated rings. The van der Waals surface area contributed by atoms with E-state index in [0.29, 0.717) is 0 Å². The molecule has 0 spiro atoms. The van der Waals surface area contributed by atoms with Gasteiger partial charge in [0.2, 0.25) is 0 Å². The lowest BCUT2D eigenvalue weighted by Crippen LogP contribution is -1.97. The summed E-state index contributed by atoms with van der Waals surface area (Å²) in [5, 5.41) is 0.622. The zero-order chi connectivity index (χ0) is 13.8. The minimum absolute atomic E-state index is 0.117. The van der Waals surface area contributed by atoms with Crippen LogP contribution in [0.25, 0.3) is 0 Å². The lowest BCUT2D eigenvalue weighted by molar-refractivity contribution is 1.02. The third kappa shape index (κ3) is 3.32. The summed E-state index contributed by atoms with van der Waals surface area (Å²) in [6, 6.07) is 14.3. The van der Waals surface area contributed by atoms with E-state index in [9.17, 15) is 0 Å². The van der Waals surface area contributed by atoms with E-state index in [4.69, 9.17) is 23.2 Å². The largest absolute Gasteiger partial charge is 0.113 e. The molecule has 0 N–H and O–H groups in total. The van der Waals surface area contributed by atoms with Crippen molar-refractivity contribution in [2.24, 2.45) is 0 Å². The zero-order valence-corrected chi connectivity index (χ0v) is 12.8. The van der Waals surface area contributed by atoms with E-state index >= 15 is 0 Å². The maximum Gasteiger partial charge on any atom is 0.0835 e. The summed E-state index contributed by atoms with van der Waals surface area (Å²) in [7, 11) is 0. The average molecular weight is 293 g/mol. The summed E-state index contributed by atoms with van der Waals surface area (Å²) in [6.45, 7) is 4.37. The predicted octanol–water partition coefficient (Wildman–Crippen LogP) is 5.79. The van der Waals surface area contributed by atoms with Crippen molar-refractivity contribution in [1.82, 2.24) is 0 Å². The number of hydrogen-bond acceptors (Lipinski definition) is 0. The van der Waals surface area contributed by atoms with Crippen molar-refractivity contribution >= 4 is 23.2 Å². The van der Waals surface area contributed by atoms with Crippen LogP contribution in [0.1, 0.15) is 41.5 Å². The zero-order valence-electron chi connectivity index (χ0n) is 11.3. The first kappa shape index (κ1) is 14.4. The standard InChI is InChI=1S/C17H18Cl2/c1-3-12-5-6-15(11-13(12)4-2)17(19)14-7-9-16(18)10-8-14/h5-11,17H,3-4H2,1-2H3. The molecular weight excluding hydrogens is 275 g/mol. The van der Waals surface area contributed by atoms with Gasteiger partial charge >= 0.3 is 0 Å². The van der Waals surface area contributed by atoms with Crippen LogP contribution in [0, 0.1) is 0 Å². The summed E-state index contributed by atoms with van der Waals surface area (Å²) < 4.78 is 0. The summed E-state index contributed by atoms with van der Waals surface area (Å²) >= 11 is 12.5. The number of halogens is 2. The lowest BCUT2D eigenvalue weighted by Gasteiger charge is -2.14. The Morgan fingerprint density at radius 3 is 2.00 bits per heavy atom. The molecule has 19 heavy (non-hydrogen) atoms. The van der Waals surface area contributed by atoms with Crippen molar-refractivity contribution in [2.45, 2.75) is 32.1 Å². The minimum Gasteiger partial charge on any atom is -0.113 e. The first-order valence-electron chi connectivity index (χ1n) is 6.67. The highest BCUT2D eigenvalue weighted by molar-refractivity contribution is 6.30. The Balaban J connectivity index is 2.33. The van der Waals surface area contributed by atoms with Gasteiger partial charge in [0.05, 0.1) is 5.38 Å². The van der Waals surface area contributed by atoms with Gasteiger partial charge in [-0.3, -0.25) is 0 Å². The van der Waals surface area contributed by atoms with Crippen LogP contribution in [0.15, 0.2) is 42.5 Å². The number of alkyl halides is 1. The Morgan fingerprint density at radius 2 is 1.42 bits per heavy atom. The van der Waals surface area contributed by atoms with Crippen molar-refractivity contribution in [3.63, 3.8) is 0 Å². The molecule has 2 rings (SSSR count). The van der Waals surface area contributed by atoms with Gasteiger partial charge in [-0.2, -0.15) is 0 Å². The second-order valence-corrected chi connectivity index (χ2v) is 5.52. The number of aryl methyl sites for hydroxylation is 2. The van der Waals surface area contributed by atoms with E-state index in [1.807, 2.05) is 24.3 Å². The van der Waals surface area contributed by atoms with E-state index in [2.05, 4.69) is 32.0 Å². The third-order valence-corrected chi connectivity index (χ3v) is 4.20. The third-order valence-electron chi connectivity index (χ3n) is 3.45. The Bertz CT molecular complexity index is 544. The molecule has 1 atom stereocenters. The Morgan fingerprint density at radius 1 is 0.842 bits per heavy atom. The van der Waals surface area contributed by atoms with Gasteiger partial charge in [-0.15, -0.1) is 11.6 Å². The molecule has 0 nitrogen and oxygen atoms in total. The Kier molecular flexibility index (Phi) is 4.90.